The molecule has 0 bridgehead atoms. The number of ether oxygens (including phenoxy) is 1. The lowest BCUT2D eigenvalue weighted by Crippen LogP contribution is -2.46. The van der Waals surface area contributed by atoms with Gasteiger partial charge in [-0.1, -0.05) is 12.1 Å². The standard InChI is InChI=1S/C27H26F3N3O2/c1-16-5-6-18(14-23(16)29)25(17(2)32-26(34)27(3,4)30)35-22-11-12-24-19(13-22)15-31-33(24)21-9-7-20(28)8-10-21/h5-15,17,25H,1-4H3,(H,32,34)/t17-,25-/m0/s1. The predicted molar refractivity (Wildman–Crippen MR) is 128 cm³/mol. The molecule has 1 N–H and O–H groups in total. The Labute approximate surface area is 201 Å². The van der Waals surface area contributed by atoms with Crippen LogP contribution in [-0.2, 0) is 4.79 Å². The summed E-state index contributed by atoms with van der Waals surface area (Å²) in [6, 6.07) is 15.3. The van der Waals surface area contributed by atoms with Crippen LogP contribution < -0.4 is 10.1 Å². The summed E-state index contributed by atoms with van der Waals surface area (Å²) in [5.41, 5.74) is 0.379. The largest absolute Gasteiger partial charge is 0.484 e. The summed E-state index contributed by atoms with van der Waals surface area (Å²) in [6.07, 6.45) is 0.865. The number of fused-ring (bicyclic) bond motifs is 1. The molecule has 1 heterocycles. The van der Waals surface area contributed by atoms with E-state index < -0.39 is 29.5 Å². The molecular formula is C27H26F3N3O2. The number of carbonyl (C=O) groups excluding carboxylic acids is 1. The maximum Gasteiger partial charge on any atom is 0.257 e. The van der Waals surface area contributed by atoms with Gasteiger partial charge in [-0.15, -0.1) is 0 Å². The third kappa shape index (κ3) is 5.31. The summed E-state index contributed by atoms with van der Waals surface area (Å²) in [4.78, 5) is 12.3. The fourth-order valence-corrected chi connectivity index (χ4v) is 3.72. The second kappa shape index (κ2) is 9.44. The van der Waals surface area contributed by atoms with Crippen molar-refractivity contribution >= 4 is 16.8 Å². The summed E-state index contributed by atoms with van der Waals surface area (Å²) in [5, 5.41) is 7.78. The number of aryl methyl sites for hydroxylation is 1. The van der Waals surface area contributed by atoms with Crippen molar-refractivity contribution < 1.29 is 22.7 Å². The molecule has 0 aliphatic carbocycles. The first kappa shape index (κ1) is 24.3. The van der Waals surface area contributed by atoms with E-state index >= 15 is 0 Å². The van der Waals surface area contributed by atoms with Crippen molar-refractivity contribution in [3.8, 4) is 11.4 Å². The van der Waals surface area contributed by atoms with E-state index in [-0.39, 0.29) is 5.82 Å². The number of hydrogen-bond acceptors (Lipinski definition) is 3. The summed E-state index contributed by atoms with van der Waals surface area (Å²) >= 11 is 0. The van der Waals surface area contributed by atoms with E-state index in [0.717, 1.165) is 10.9 Å². The number of rotatable bonds is 7. The van der Waals surface area contributed by atoms with Crippen molar-refractivity contribution in [3.63, 3.8) is 0 Å². The maximum absolute atomic E-state index is 14.4. The van der Waals surface area contributed by atoms with Crippen LogP contribution in [0.25, 0.3) is 16.6 Å². The highest BCUT2D eigenvalue weighted by Crippen LogP contribution is 2.30. The van der Waals surface area contributed by atoms with Crippen molar-refractivity contribution in [2.24, 2.45) is 0 Å². The van der Waals surface area contributed by atoms with Gasteiger partial charge in [-0.2, -0.15) is 5.10 Å². The Morgan fingerprint density at radius 3 is 2.43 bits per heavy atom. The van der Waals surface area contributed by atoms with Gasteiger partial charge >= 0.3 is 0 Å². The molecule has 1 amide bonds. The van der Waals surface area contributed by atoms with Crippen LogP contribution in [-0.4, -0.2) is 27.4 Å². The summed E-state index contributed by atoms with van der Waals surface area (Å²) < 4.78 is 49.7. The molecule has 3 aromatic carbocycles. The van der Waals surface area contributed by atoms with Gasteiger partial charge in [-0.05, 0) is 87.4 Å². The minimum absolute atomic E-state index is 0.336. The topological polar surface area (TPSA) is 56.1 Å². The smallest absolute Gasteiger partial charge is 0.257 e. The quantitative estimate of drug-likeness (QED) is 0.353. The molecule has 1 aromatic heterocycles. The Kier molecular flexibility index (Phi) is 6.56. The van der Waals surface area contributed by atoms with Gasteiger partial charge in [0.15, 0.2) is 5.67 Å². The van der Waals surface area contributed by atoms with Crippen molar-refractivity contribution in [2.75, 3.05) is 0 Å². The molecule has 182 valence electrons. The van der Waals surface area contributed by atoms with Crippen LogP contribution in [0.3, 0.4) is 0 Å². The van der Waals surface area contributed by atoms with E-state index in [2.05, 4.69) is 10.4 Å². The van der Waals surface area contributed by atoms with Gasteiger partial charge in [0.25, 0.3) is 5.91 Å². The second-order valence-electron chi connectivity index (χ2n) is 9.04. The van der Waals surface area contributed by atoms with Crippen LogP contribution in [0.1, 0.15) is 38.0 Å². The molecule has 0 spiro atoms. The SMILES string of the molecule is Cc1ccc([C@@H](Oc2ccc3c(cnn3-c3ccc(F)cc3)c2)[C@H](C)NC(=O)C(C)(C)F)cc1F. The molecule has 0 radical (unpaired) electrons. The summed E-state index contributed by atoms with van der Waals surface area (Å²) in [5.74, 6) is -1.07. The van der Waals surface area contributed by atoms with Crippen molar-refractivity contribution in [3.05, 3.63) is 89.6 Å². The lowest BCUT2D eigenvalue weighted by atomic mass is 10.0. The third-order valence-corrected chi connectivity index (χ3v) is 5.75. The molecule has 4 aromatic rings. The Balaban J connectivity index is 1.66. The Morgan fingerprint density at radius 2 is 1.77 bits per heavy atom. The zero-order chi connectivity index (χ0) is 25.3. The van der Waals surface area contributed by atoms with Crippen molar-refractivity contribution in [1.82, 2.24) is 15.1 Å². The fourth-order valence-electron chi connectivity index (χ4n) is 3.72. The number of alkyl halides is 1. The highest BCUT2D eigenvalue weighted by molar-refractivity contribution is 5.84. The van der Waals surface area contributed by atoms with E-state index in [1.807, 2.05) is 6.07 Å². The summed E-state index contributed by atoms with van der Waals surface area (Å²) in [7, 11) is 0. The highest BCUT2D eigenvalue weighted by atomic mass is 19.1. The molecule has 0 aliphatic rings. The monoisotopic (exact) mass is 481 g/mol. The number of aromatic nitrogens is 2. The van der Waals surface area contributed by atoms with Gasteiger partial charge in [-0.3, -0.25) is 4.79 Å². The number of halogens is 3. The van der Waals surface area contributed by atoms with Crippen LogP contribution in [0.5, 0.6) is 5.75 Å². The van der Waals surface area contributed by atoms with E-state index in [4.69, 9.17) is 4.74 Å². The van der Waals surface area contributed by atoms with E-state index in [1.165, 1.54) is 32.0 Å². The van der Waals surface area contributed by atoms with E-state index in [0.29, 0.717) is 22.6 Å². The van der Waals surface area contributed by atoms with Gasteiger partial charge in [-0.25, -0.2) is 17.9 Å². The number of carbonyl (C=O) groups is 1. The van der Waals surface area contributed by atoms with E-state index in [9.17, 15) is 18.0 Å². The molecule has 2 atom stereocenters. The zero-order valence-corrected chi connectivity index (χ0v) is 19.9. The van der Waals surface area contributed by atoms with Crippen LogP contribution in [0.4, 0.5) is 13.2 Å². The number of nitrogens with zero attached hydrogens (tertiary/aromatic N) is 2. The van der Waals surface area contributed by atoms with Crippen LogP contribution >= 0.6 is 0 Å². The Morgan fingerprint density at radius 1 is 1.06 bits per heavy atom. The number of nitrogens with one attached hydrogen (secondary N) is 1. The average molecular weight is 482 g/mol. The van der Waals surface area contributed by atoms with Crippen molar-refractivity contribution in [2.45, 2.75) is 45.5 Å². The number of benzene rings is 3. The molecule has 0 saturated heterocycles. The van der Waals surface area contributed by atoms with Crippen LogP contribution in [0.2, 0.25) is 0 Å². The van der Waals surface area contributed by atoms with Gasteiger partial charge in [0.05, 0.1) is 23.4 Å². The first-order chi connectivity index (χ1) is 16.5. The van der Waals surface area contributed by atoms with E-state index in [1.54, 1.807) is 61.1 Å². The number of hydrogen-bond donors (Lipinski definition) is 1. The van der Waals surface area contributed by atoms with Gasteiger partial charge in [0.1, 0.15) is 23.5 Å². The lowest BCUT2D eigenvalue weighted by Gasteiger charge is -2.28. The first-order valence-electron chi connectivity index (χ1n) is 11.2. The van der Waals surface area contributed by atoms with Crippen LogP contribution in [0.15, 0.2) is 66.9 Å². The van der Waals surface area contributed by atoms with Gasteiger partial charge in [0, 0.05) is 5.39 Å². The maximum atomic E-state index is 14.4. The van der Waals surface area contributed by atoms with Crippen molar-refractivity contribution in [1.29, 1.82) is 0 Å². The molecule has 4 rings (SSSR count). The molecule has 0 aliphatic heterocycles. The molecular weight excluding hydrogens is 455 g/mol. The number of amides is 1. The minimum atomic E-state index is -2.08. The molecule has 8 heteroatoms. The Hall–Kier alpha value is -3.81. The zero-order valence-electron chi connectivity index (χ0n) is 19.9. The average Bonchev–Trinajstić information content (AvgIpc) is 3.22. The fraction of sp³-hybridized carbons (Fsp3) is 0.259. The van der Waals surface area contributed by atoms with Gasteiger partial charge in [0.2, 0.25) is 0 Å². The second-order valence-corrected chi connectivity index (χ2v) is 9.04. The lowest BCUT2D eigenvalue weighted by molar-refractivity contribution is -0.132. The molecule has 35 heavy (non-hydrogen) atoms. The molecule has 5 nitrogen and oxygen atoms in total. The molecule has 0 fully saturated rings. The molecule has 0 unspecified atom stereocenters. The predicted octanol–water partition coefficient (Wildman–Crippen LogP) is 5.99. The summed E-state index contributed by atoms with van der Waals surface area (Å²) in [6.45, 7) is 5.67. The highest BCUT2D eigenvalue weighted by Gasteiger charge is 2.31. The third-order valence-electron chi connectivity index (χ3n) is 5.75. The normalized spacial score (nSPS) is 13.5. The van der Waals surface area contributed by atoms with Crippen LogP contribution in [0, 0.1) is 18.6 Å². The first-order valence-corrected chi connectivity index (χ1v) is 11.2. The van der Waals surface area contributed by atoms with Gasteiger partial charge < -0.3 is 10.1 Å². The molecule has 0 saturated carbocycles. The minimum Gasteiger partial charge on any atom is -0.484 e. The Bertz CT molecular complexity index is 1360.